The van der Waals surface area contributed by atoms with Crippen LogP contribution in [0.2, 0.25) is 0 Å². The predicted molar refractivity (Wildman–Crippen MR) is 135 cm³/mol. The molecule has 7 heteroatoms. The Morgan fingerprint density at radius 3 is 2.71 bits per heavy atom. The number of hydrogen-bond acceptors (Lipinski definition) is 5. The lowest BCUT2D eigenvalue weighted by molar-refractivity contribution is -0.116. The molecule has 174 valence electrons. The zero-order valence-electron chi connectivity index (χ0n) is 19.5. The summed E-state index contributed by atoms with van der Waals surface area (Å²) in [5.41, 5.74) is 3.64. The van der Waals surface area contributed by atoms with Crippen molar-refractivity contribution in [3.8, 4) is 6.07 Å². The van der Waals surface area contributed by atoms with Gasteiger partial charge in [0.05, 0.1) is 32.8 Å². The fourth-order valence-corrected chi connectivity index (χ4v) is 5.95. The van der Waals surface area contributed by atoms with E-state index in [0.717, 1.165) is 72.9 Å². The summed E-state index contributed by atoms with van der Waals surface area (Å²) in [6, 6.07) is 18.8. The molecule has 1 saturated heterocycles. The minimum absolute atomic E-state index is 0.0199. The second-order valence-corrected chi connectivity index (χ2v) is 10.2. The largest absolute Gasteiger partial charge is 0.352 e. The highest BCUT2D eigenvalue weighted by Gasteiger charge is 2.36. The number of hydrogen-bond donors (Lipinski definition) is 1. The molecule has 2 aliphatic heterocycles. The lowest BCUT2D eigenvalue weighted by Gasteiger charge is -2.37. The second-order valence-electron chi connectivity index (χ2n) is 9.12. The summed E-state index contributed by atoms with van der Waals surface area (Å²) in [6.45, 7) is 5.53. The molecular weight excluding hydrogens is 442 g/mol. The molecule has 1 amide bonds. The molecule has 1 fully saturated rings. The first-order valence-corrected chi connectivity index (χ1v) is 12.8. The van der Waals surface area contributed by atoms with Crippen molar-refractivity contribution in [3.05, 3.63) is 70.4 Å². The Bertz CT molecular complexity index is 1270. The lowest BCUT2D eigenvalue weighted by Crippen LogP contribution is -2.42. The van der Waals surface area contributed by atoms with Crippen LogP contribution in [0.5, 0.6) is 0 Å². The van der Waals surface area contributed by atoms with E-state index >= 15 is 0 Å². The topological polar surface area (TPSA) is 73.4 Å². The number of unbranched alkanes of at least 4 members (excludes halogenated alkanes) is 1. The first-order chi connectivity index (χ1) is 16.6. The van der Waals surface area contributed by atoms with Crippen molar-refractivity contribution in [1.82, 2.24) is 19.6 Å². The van der Waals surface area contributed by atoms with Gasteiger partial charge in [0.1, 0.15) is 5.65 Å². The second kappa shape index (κ2) is 9.65. The van der Waals surface area contributed by atoms with Crippen molar-refractivity contribution < 1.29 is 4.79 Å². The van der Waals surface area contributed by atoms with Crippen LogP contribution in [-0.4, -0.2) is 46.4 Å². The number of piperidine rings is 1. The first-order valence-electron chi connectivity index (χ1n) is 11.9. The zero-order valence-corrected chi connectivity index (χ0v) is 20.3. The number of carbonyl (C=O) groups is 1. The van der Waals surface area contributed by atoms with Crippen molar-refractivity contribution in [2.45, 2.75) is 43.0 Å². The number of nitrogens with zero attached hydrogens (tertiary/aromatic N) is 4. The Morgan fingerprint density at radius 2 is 1.94 bits per heavy atom. The summed E-state index contributed by atoms with van der Waals surface area (Å²) in [4.78, 5) is 20.6. The summed E-state index contributed by atoms with van der Waals surface area (Å²) < 4.78 is 2.11. The summed E-state index contributed by atoms with van der Waals surface area (Å²) >= 11 is 1.49. The molecule has 2 aromatic heterocycles. The average Bonchev–Trinajstić information content (AvgIpc) is 3.21. The highest BCUT2D eigenvalue weighted by atomic mass is 32.2. The molecule has 4 heterocycles. The van der Waals surface area contributed by atoms with Crippen LogP contribution in [0, 0.1) is 18.3 Å². The fraction of sp³-hybridized carbons (Fsp3) is 0.370. The van der Waals surface area contributed by atoms with E-state index in [9.17, 15) is 10.1 Å². The van der Waals surface area contributed by atoms with Crippen molar-refractivity contribution in [3.63, 3.8) is 0 Å². The van der Waals surface area contributed by atoms with E-state index < -0.39 is 0 Å². The van der Waals surface area contributed by atoms with Gasteiger partial charge in [-0.25, -0.2) is 4.98 Å². The summed E-state index contributed by atoms with van der Waals surface area (Å²) in [7, 11) is 0. The number of nitrogens with one attached hydrogen (secondary N) is 1. The van der Waals surface area contributed by atoms with Crippen molar-refractivity contribution in [1.29, 1.82) is 5.26 Å². The van der Waals surface area contributed by atoms with Crippen LogP contribution in [-0.2, 0) is 10.2 Å². The number of rotatable bonds is 7. The van der Waals surface area contributed by atoms with Gasteiger partial charge >= 0.3 is 0 Å². The van der Waals surface area contributed by atoms with Gasteiger partial charge in [-0.05, 0) is 76.0 Å². The zero-order chi connectivity index (χ0) is 23.5. The molecule has 1 N–H and O–H groups in total. The number of likely N-dealkylation sites (tertiary alicyclic amines) is 1. The summed E-state index contributed by atoms with van der Waals surface area (Å²) in [5, 5.41) is 14.0. The normalized spacial score (nSPS) is 17.2. The molecule has 2 aliphatic rings. The van der Waals surface area contributed by atoms with Crippen LogP contribution in [0.15, 0.2) is 58.5 Å². The summed E-state index contributed by atoms with van der Waals surface area (Å²) in [6.07, 6.45) is 5.67. The minimum Gasteiger partial charge on any atom is -0.352 e. The molecular formula is C27H29N5OS. The first kappa shape index (κ1) is 22.7. The maximum Gasteiger partial charge on any atom is 0.258 e. The standard InChI is InChI=1S/C27H29N5OS/c1-20-22-18-23(34-25-11-7-10-24(30-20)32(22)25)26(33)29-14-5-6-15-31-16-12-27(19-28,13-17-31)21-8-3-2-4-9-21/h2-4,7-11,18H,5-6,12-17H2,1H3,(H,29,33). The molecule has 0 saturated carbocycles. The quantitative estimate of drug-likeness (QED) is 0.512. The number of amides is 1. The Hall–Kier alpha value is -3.08. The van der Waals surface area contributed by atoms with Gasteiger partial charge in [0.2, 0.25) is 0 Å². The Balaban J connectivity index is 1.07. The SMILES string of the molecule is Cc1nc2cccc3n2c1C=C(C(=O)NCCCCN1CCC(C#N)(c2ccccc2)CC1)S3. The Morgan fingerprint density at radius 1 is 1.15 bits per heavy atom. The molecule has 5 rings (SSSR count). The van der Waals surface area contributed by atoms with Gasteiger partial charge in [0.25, 0.3) is 5.91 Å². The van der Waals surface area contributed by atoms with Gasteiger partial charge in [0, 0.05) is 6.54 Å². The lowest BCUT2D eigenvalue weighted by atomic mass is 9.74. The molecule has 1 aromatic carbocycles. The van der Waals surface area contributed by atoms with Gasteiger partial charge in [0.15, 0.2) is 0 Å². The molecule has 6 nitrogen and oxygen atoms in total. The third kappa shape index (κ3) is 4.36. The highest BCUT2D eigenvalue weighted by molar-refractivity contribution is 8.04. The third-order valence-corrected chi connectivity index (χ3v) is 8.02. The number of imidazole rings is 1. The molecule has 0 bridgehead atoms. The molecule has 0 unspecified atom stereocenters. The predicted octanol–water partition coefficient (Wildman–Crippen LogP) is 4.54. The number of aryl methyl sites for hydroxylation is 1. The smallest absolute Gasteiger partial charge is 0.258 e. The highest BCUT2D eigenvalue weighted by Crippen LogP contribution is 2.36. The third-order valence-electron chi connectivity index (χ3n) is 6.97. The molecule has 34 heavy (non-hydrogen) atoms. The number of thioether (sulfide) groups is 1. The van der Waals surface area contributed by atoms with E-state index in [1.165, 1.54) is 11.8 Å². The minimum atomic E-state index is -0.352. The van der Waals surface area contributed by atoms with Crippen LogP contribution in [0.25, 0.3) is 11.7 Å². The Kier molecular flexibility index (Phi) is 6.44. The van der Waals surface area contributed by atoms with E-state index in [2.05, 4.69) is 37.8 Å². The van der Waals surface area contributed by atoms with E-state index in [-0.39, 0.29) is 11.3 Å². The van der Waals surface area contributed by atoms with Crippen LogP contribution >= 0.6 is 11.8 Å². The van der Waals surface area contributed by atoms with Gasteiger partial charge in [-0.15, -0.1) is 0 Å². The molecule has 0 atom stereocenters. The molecule has 0 aliphatic carbocycles. The molecule has 0 spiro atoms. The van der Waals surface area contributed by atoms with Crippen molar-refractivity contribution in [2.75, 3.05) is 26.2 Å². The van der Waals surface area contributed by atoms with Crippen LogP contribution in [0.1, 0.15) is 42.6 Å². The number of pyridine rings is 1. The number of carbonyl (C=O) groups excluding carboxylic acids is 1. The van der Waals surface area contributed by atoms with Crippen LogP contribution in [0.4, 0.5) is 0 Å². The van der Waals surface area contributed by atoms with Crippen LogP contribution in [0.3, 0.4) is 0 Å². The van der Waals surface area contributed by atoms with E-state index in [4.69, 9.17) is 0 Å². The van der Waals surface area contributed by atoms with Crippen molar-refractivity contribution >= 4 is 29.4 Å². The van der Waals surface area contributed by atoms with Crippen LogP contribution < -0.4 is 5.32 Å². The maximum atomic E-state index is 12.8. The number of nitriles is 1. The van der Waals surface area contributed by atoms with E-state index in [1.807, 2.05) is 49.4 Å². The number of benzene rings is 1. The van der Waals surface area contributed by atoms with Gasteiger partial charge < -0.3 is 10.2 Å². The van der Waals surface area contributed by atoms with Gasteiger partial charge in [-0.1, -0.05) is 48.2 Å². The van der Waals surface area contributed by atoms with Crippen molar-refractivity contribution in [2.24, 2.45) is 0 Å². The summed E-state index contributed by atoms with van der Waals surface area (Å²) in [5.74, 6) is -0.0199. The van der Waals surface area contributed by atoms with E-state index in [0.29, 0.717) is 11.4 Å². The molecule has 0 radical (unpaired) electrons. The molecule has 3 aromatic rings. The maximum absolute atomic E-state index is 12.8. The fourth-order valence-electron chi connectivity index (χ4n) is 4.96. The van der Waals surface area contributed by atoms with E-state index in [1.54, 1.807) is 0 Å². The Labute approximate surface area is 204 Å². The average molecular weight is 472 g/mol. The van der Waals surface area contributed by atoms with Gasteiger partial charge in [-0.2, -0.15) is 5.26 Å². The number of aromatic nitrogens is 2. The van der Waals surface area contributed by atoms with Gasteiger partial charge in [-0.3, -0.25) is 9.20 Å². The monoisotopic (exact) mass is 471 g/mol.